The number of carbonyl (C=O) groups excluding carboxylic acids is 1. The summed E-state index contributed by atoms with van der Waals surface area (Å²) in [6.07, 6.45) is 7.41. The molecule has 2 fully saturated rings. The Bertz CT molecular complexity index is 1160. The van der Waals surface area contributed by atoms with Gasteiger partial charge in [-0.2, -0.15) is 0 Å². The van der Waals surface area contributed by atoms with Crippen LogP contribution in [0.2, 0.25) is 0 Å². The number of H-pyrrole nitrogens is 1. The second-order valence-corrected chi connectivity index (χ2v) is 10.8. The second kappa shape index (κ2) is 9.70. The Hall–Kier alpha value is -2.77. The molecule has 1 aliphatic carbocycles. The van der Waals surface area contributed by atoms with Crippen molar-refractivity contribution < 1.29 is 23.4 Å². The summed E-state index contributed by atoms with van der Waals surface area (Å²) >= 11 is 0. The van der Waals surface area contributed by atoms with Gasteiger partial charge >= 0.3 is 5.97 Å². The molecule has 1 aromatic heterocycles. The SMILES string of the molecule is CC(C)(C)OC(=O)C[C@H]1C[C@@H](/C=C/c2c(-c3ccc(F)cc3)c[nH]c(=O)c2C2CC2)OC(C)(C)O1. The maximum atomic E-state index is 13.5. The number of nitrogens with one attached hydrogen (secondary N) is 1. The number of pyridine rings is 1. The lowest BCUT2D eigenvalue weighted by Gasteiger charge is -2.39. The molecule has 0 spiro atoms. The second-order valence-electron chi connectivity index (χ2n) is 10.8. The van der Waals surface area contributed by atoms with E-state index < -0.39 is 11.4 Å². The molecule has 1 aromatic carbocycles. The van der Waals surface area contributed by atoms with Crippen molar-refractivity contribution >= 4 is 12.0 Å². The van der Waals surface area contributed by atoms with Crippen LogP contribution < -0.4 is 5.56 Å². The lowest BCUT2D eigenvalue weighted by molar-refractivity contribution is -0.290. The fourth-order valence-electron chi connectivity index (χ4n) is 4.55. The zero-order valence-corrected chi connectivity index (χ0v) is 21.0. The number of benzene rings is 1. The van der Waals surface area contributed by atoms with Crippen LogP contribution in [0.4, 0.5) is 4.39 Å². The van der Waals surface area contributed by atoms with Gasteiger partial charge in [-0.3, -0.25) is 9.59 Å². The van der Waals surface area contributed by atoms with E-state index in [0.717, 1.165) is 35.1 Å². The first kappa shape index (κ1) is 25.3. The quantitative estimate of drug-likeness (QED) is 0.532. The van der Waals surface area contributed by atoms with Crippen LogP contribution in [-0.2, 0) is 19.0 Å². The summed E-state index contributed by atoms with van der Waals surface area (Å²) in [6.45, 7) is 9.15. The molecule has 0 bridgehead atoms. The van der Waals surface area contributed by atoms with Crippen LogP contribution in [0.25, 0.3) is 17.2 Å². The molecule has 2 aliphatic rings. The average Bonchev–Trinajstić information content (AvgIpc) is 3.55. The molecule has 1 saturated carbocycles. The molecule has 0 unspecified atom stereocenters. The van der Waals surface area contributed by atoms with Crippen LogP contribution in [0.15, 0.2) is 41.3 Å². The minimum Gasteiger partial charge on any atom is -0.460 e. The highest BCUT2D eigenvalue weighted by Crippen LogP contribution is 2.42. The summed E-state index contributed by atoms with van der Waals surface area (Å²) in [5, 5.41) is 0. The topological polar surface area (TPSA) is 77.6 Å². The molecule has 1 N–H and O–H groups in total. The first-order valence-electron chi connectivity index (χ1n) is 12.2. The van der Waals surface area contributed by atoms with Gasteiger partial charge in [0, 0.05) is 23.7 Å². The van der Waals surface area contributed by atoms with Crippen molar-refractivity contribution in [2.24, 2.45) is 0 Å². The molecule has 1 aliphatic heterocycles. The van der Waals surface area contributed by atoms with Crippen molar-refractivity contribution in [3.05, 3.63) is 63.8 Å². The third-order valence-electron chi connectivity index (χ3n) is 5.99. The first-order valence-corrected chi connectivity index (χ1v) is 12.2. The number of halogens is 1. The fourth-order valence-corrected chi connectivity index (χ4v) is 4.55. The third-order valence-corrected chi connectivity index (χ3v) is 5.99. The molecule has 2 atom stereocenters. The summed E-state index contributed by atoms with van der Waals surface area (Å²) < 4.78 is 31.1. The van der Waals surface area contributed by atoms with E-state index in [1.54, 1.807) is 18.3 Å². The zero-order chi connectivity index (χ0) is 25.4. The highest BCUT2D eigenvalue weighted by molar-refractivity contribution is 5.77. The van der Waals surface area contributed by atoms with Crippen LogP contribution in [0.1, 0.15) is 77.3 Å². The van der Waals surface area contributed by atoms with Crippen LogP contribution in [-0.4, -0.2) is 34.5 Å². The Labute approximate surface area is 205 Å². The van der Waals surface area contributed by atoms with Gasteiger partial charge in [0.2, 0.25) is 0 Å². The molecule has 35 heavy (non-hydrogen) atoms. The molecular weight excluding hydrogens is 449 g/mol. The number of hydrogen-bond acceptors (Lipinski definition) is 5. The molecule has 6 nitrogen and oxygen atoms in total. The molecule has 2 aromatic rings. The van der Waals surface area contributed by atoms with E-state index in [1.807, 2.05) is 46.8 Å². The smallest absolute Gasteiger partial charge is 0.308 e. The largest absolute Gasteiger partial charge is 0.460 e. The normalized spacial score (nSPS) is 22.3. The van der Waals surface area contributed by atoms with Crippen molar-refractivity contribution in [2.75, 3.05) is 0 Å². The van der Waals surface area contributed by atoms with Gasteiger partial charge < -0.3 is 19.2 Å². The molecule has 0 amide bonds. The van der Waals surface area contributed by atoms with E-state index in [-0.39, 0.29) is 41.9 Å². The highest BCUT2D eigenvalue weighted by atomic mass is 19.1. The number of rotatable bonds is 6. The Morgan fingerprint density at radius 1 is 1.20 bits per heavy atom. The maximum Gasteiger partial charge on any atom is 0.308 e. The lowest BCUT2D eigenvalue weighted by atomic mass is 9.94. The predicted molar refractivity (Wildman–Crippen MR) is 132 cm³/mol. The number of aromatic nitrogens is 1. The zero-order valence-electron chi connectivity index (χ0n) is 21.0. The Morgan fingerprint density at radius 2 is 1.89 bits per heavy atom. The van der Waals surface area contributed by atoms with Gasteiger partial charge in [-0.05, 0) is 76.6 Å². The van der Waals surface area contributed by atoms with Crippen molar-refractivity contribution in [1.29, 1.82) is 0 Å². The maximum absolute atomic E-state index is 13.5. The highest BCUT2D eigenvalue weighted by Gasteiger charge is 2.36. The summed E-state index contributed by atoms with van der Waals surface area (Å²) in [5.74, 6) is -1.29. The molecule has 7 heteroatoms. The monoisotopic (exact) mass is 483 g/mol. The molecule has 0 radical (unpaired) electrons. The molecule has 2 heterocycles. The van der Waals surface area contributed by atoms with Gasteiger partial charge in [-0.25, -0.2) is 4.39 Å². The molecule has 4 rings (SSSR count). The number of ether oxygens (including phenoxy) is 3. The molecular formula is C28H34FNO5. The predicted octanol–water partition coefficient (Wildman–Crippen LogP) is 5.71. The Balaban J connectivity index is 1.61. The lowest BCUT2D eigenvalue weighted by Crippen LogP contribution is -2.45. The number of esters is 1. The van der Waals surface area contributed by atoms with Crippen molar-refractivity contribution in [3.8, 4) is 11.1 Å². The van der Waals surface area contributed by atoms with E-state index in [9.17, 15) is 14.0 Å². The number of aromatic amines is 1. The van der Waals surface area contributed by atoms with Gasteiger partial charge in [0.25, 0.3) is 5.56 Å². The van der Waals surface area contributed by atoms with Crippen LogP contribution in [0.3, 0.4) is 0 Å². The molecule has 1 saturated heterocycles. The van der Waals surface area contributed by atoms with Crippen molar-refractivity contribution in [2.45, 2.75) is 89.8 Å². The summed E-state index contributed by atoms with van der Waals surface area (Å²) in [7, 11) is 0. The van der Waals surface area contributed by atoms with E-state index in [4.69, 9.17) is 14.2 Å². The minimum atomic E-state index is -0.882. The van der Waals surface area contributed by atoms with Gasteiger partial charge in [-0.1, -0.05) is 24.3 Å². The summed E-state index contributed by atoms with van der Waals surface area (Å²) in [4.78, 5) is 28.0. The standard InChI is InChI=1S/C28H34FNO5/c1-27(2,3)35-24(31)15-21-14-20(33-28(4,5)34-21)12-13-22-23(17-8-10-19(29)11-9-17)16-30-26(32)25(22)18-6-7-18/h8-13,16,18,20-21H,6-7,14-15H2,1-5H3,(H,30,32)/b13-12+/t20-,21-/m1/s1. The number of hydrogen-bond donors (Lipinski definition) is 1. The minimum absolute atomic E-state index is 0.103. The van der Waals surface area contributed by atoms with E-state index in [2.05, 4.69) is 4.98 Å². The van der Waals surface area contributed by atoms with Crippen molar-refractivity contribution in [1.82, 2.24) is 4.98 Å². The van der Waals surface area contributed by atoms with Crippen LogP contribution >= 0.6 is 0 Å². The summed E-state index contributed by atoms with van der Waals surface area (Å²) in [6, 6.07) is 6.25. The van der Waals surface area contributed by atoms with Crippen molar-refractivity contribution in [3.63, 3.8) is 0 Å². The molecule has 188 valence electrons. The average molecular weight is 484 g/mol. The van der Waals surface area contributed by atoms with Gasteiger partial charge in [0.05, 0.1) is 18.6 Å². The van der Waals surface area contributed by atoms with E-state index in [1.165, 1.54) is 12.1 Å². The van der Waals surface area contributed by atoms with Gasteiger partial charge in [0.15, 0.2) is 5.79 Å². The van der Waals surface area contributed by atoms with Gasteiger partial charge in [-0.15, -0.1) is 0 Å². The van der Waals surface area contributed by atoms with E-state index in [0.29, 0.717) is 6.42 Å². The van der Waals surface area contributed by atoms with Gasteiger partial charge in [0.1, 0.15) is 11.4 Å². The Morgan fingerprint density at radius 3 is 2.51 bits per heavy atom. The fraction of sp³-hybridized carbons (Fsp3) is 0.500. The summed E-state index contributed by atoms with van der Waals surface area (Å²) in [5.41, 5.74) is 2.56. The number of carbonyl (C=O) groups is 1. The first-order chi connectivity index (χ1) is 16.4. The van der Waals surface area contributed by atoms with E-state index >= 15 is 0 Å². The van der Waals surface area contributed by atoms with Crippen LogP contribution in [0, 0.1) is 5.82 Å². The van der Waals surface area contributed by atoms with Crippen LogP contribution in [0.5, 0.6) is 0 Å². The Kier molecular flexibility index (Phi) is 7.02. The third kappa shape index (κ3) is 6.67.